The Morgan fingerprint density at radius 1 is 1.29 bits per heavy atom. The van der Waals surface area contributed by atoms with Crippen LogP contribution in [-0.4, -0.2) is 0 Å². The third-order valence-electron chi connectivity index (χ3n) is 3.03. The minimum atomic E-state index is 0. The van der Waals surface area contributed by atoms with E-state index in [1.165, 1.54) is 19.9 Å². The zero-order valence-electron chi connectivity index (χ0n) is 10.2. The van der Waals surface area contributed by atoms with Crippen molar-refractivity contribution in [1.29, 1.82) is 0 Å². The summed E-state index contributed by atoms with van der Waals surface area (Å²) in [6.07, 6.45) is 5.70. The molecule has 1 aromatic heterocycles. The van der Waals surface area contributed by atoms with Crippen molar-refractivity contribution in [3.05, 3.63) is 43.5 Å². The second-order valence-electron chi connectivity index (χ2n) is 4.56. The van der Waals surface area contributed by atoms with E-state index in [1.807, 2.05) is 11.3 Å². The maximum Gasteiger partial charge on any atom is -1.00 e. The fourth-order valence-electron chi connectivity index (χ4n) is 2.23. The van der Waals surface area contributed by atoms with Gasteiger partial charge in [-0.1, -0.05) is 0 Å². The van der Waals surface area contributed by atoms with Crippen LogP contribution in [-0.2, 0) is 25.9 Å². The number of halogens is 2. The predicted molar refractivity (Wildman–Crippen MR) is 62.9 cm³/mol. The molecule has 0 aromatic carbocycles. The summed E-state index contributed by atoms with van der Waals surface area (Å²) in [6.45, 7) is 6.88. The molecule has 1 aliphatic rings. The smallest absolute Gasteiger partial charge is 1.00 e. The summed E-state index contributed by atoms with van der Waals surface area (Å²) in [7, 11) is 0. The van der Waals surface area contributed by atoms with Crippen molar-refractivity contribution in [2.45, 2.75) is 32.6 Å². The molecule has 1 aromatic rings. The molecule has 1 heterocycles. The Labute approximate surface area is 132 Å². The molecule has 0 bridgehead atoms. The van der Waals surface area contributed by atoms with E-state index < -0.39 is 0 Å². The molecule has 0 unspecified atom stereocenters. The minimum absolute atomic E-state index is 0. The van der Waals surface area contributed by atoms with E-state index >= 15 is 0 Å². The van der Waals surface area contributed by atoms with E-state index in [1.54, 1.807) is 0 Å². The Kier molecular flexibility index (Phi) is 6.77. The van der Waals surface area contributed by atoms with Gasteiger partial charge in [-0.05, 0) is 0 Å². The zero-order valence-corrected chi connectivity index (χ0v) is 14.1. The van der Waals surface area contributed by atoms with Gasteiger partial charge in [0.05, 0.1) is 0 Å². The van der Waals surface area contributed by atoms with Gasteiger partial charge in [-0.3, -0.25) is 0 Å². The van der Waals surface area contributed by atoms with Gasteiger partial charge < -0.3 is 24.8 Å². The number of rotatable bonds is 2. The van der Waals surface area contributed by atoms with E-state index in [9.17, 15) is 0 Å². The average molecular weight is 322 g/mol. The van der Waals surface area contributed by atoms with Crippen molar-refractivity contribution in [3.8, 4) is 0 Å². The molecule has 0 saturated carbocycles. The summed E-state index contributed by atoms with van der Waals surface area (Å²) in [5, 5.41) is 2.20. The first-order valence-corrected chi connectivity index (χ1v) is 6.86. The van der Waals surface area contributed by atoms with Crippen molar-refractivity contribution in [2.24, 2.45) is 0 Å². The normalized spacial score (nSPS) is 14.6. The fraction of sp³-hybridized carbons (Fsp3) is 0.385. The molecule has 0 aliphatic heterocycles. The topological polar surface area (TPSA) is 0 Å². The Morgan fingerprint density at radius 2 is 1.94 bits per heavy atom. The van der Waals surface area contributed by atoms with Gasteiger partial charge in [0, 0.05) is 0 Å². The maximum absolute atomic E-state index is 2.33. The van der Waals surface area contributed by atoms with Gasteiger partial charge >= 0.3 is 108 Å². The Morgan fingerprint density at radius 3 is 2.35 bits per heavy atom. The molecule has 1 aliphatic carbocycles. The van der Waals surface area contributed by atoms with Crippen LogP contribution in [0.5, 0.6) is 0 Å². The van der Waals surface area contributed by atoms with Crippen LogP contribution in [0.15, 0.2) is 33.0 Å². The molecule has 17 heavy (non-hydrogen) atoms. The summed E-state index contributed by atoms with van der Waals surface area (Å²) in [6, 6.07) is 2.22. The summed E-state index contributed by atoms with van der Waals surface area (Å²) in [5.74, 6) is 0. The van der Waals surface area contributed by atoms with Gasteiger partial charge in [-0.2, -0.15) is 0 Å². The number of hydrogen-bond donors (Lipinski definition) is 0. The molecular formula is C13H15Cl2STi. The molecule has 0 spiro atoms. The monoisotopic (exact) mass is 321 g/mol. The van der Waals surface area contributed by atoms with Gasteiger partial charge in [0.1, 0.15) is 0 Å². The third kappa shape index (κ3) is 3.27. The molecule has 0 radical (unpaired) electrons. The molecule has 2 rings (SSSR count). The van der Waals surface area contributed by atoms with E-state index in [-0.39, 0.29) is 30.2 Å². The Hall–Kier alpha value is 0.474. The van der Waals surface area contributed by atoms with Crippen LogP contribution in [0.25, 0.3) is 0 Å². The average Bonchev–Trinajstić information content (AvgIpc) is 2.73. The second-order valence-corrected chi connectivity index (χ2v) is 6.42. The molecule has 4 heteroatoms. The van der Waals surface area contributed by atoms with E-state index in [0.29, 0.717) is 0 Å². The van der Waals surface area contributed by atoms with Crippen LogP contribution >= 0.6 is 11.3 Å². The predicted octanol–water partition coefficient (Wildman–Crippen LogP) is -1.90. The second kappa shape index (κ2) is 6.59. The molecule has 0 nitrogen and oxygen atoms in total. The molecule has 0 N–H and O–H groups in total. The van der Waals surface area contributed by atoms with Crippen LogP contribution < -0.4 is 24.8 Å². The molecule has 0 saturated heterocycles. The number of allylic oxidation sites excluding steroid dienone is 4. The van der Waals surface area contributed by atoms with Gasteiger partial charge in [0.2, 0.25) is 0 Å². The van der Waals surface area contributed by atoms with Crippen molar-refractivity contribution in [3.63, 3.8) is 0 Å². The van der Waals surface area contributed by atoms with Crippen LogP contribution in [0.1, 0.15) is 30.7 Å². The Bertz CT molecular complexity index is 444. The Balaban J connectivity index is 0.00000128. The summed E-state index contributed by atoms with van der Waals surface area (Å²) < 4.78 is 1.52. The first-order chi connectivity index (χ1) is 7.03. The molecule has 0 fully saturated rings. The van der Waals surface area contributed by atoms with Crippen LogP contribution in [0, 0.1) is 6.92 Å². The number of hydrogen-bond acceptors (Lipinski definition) is 1. The molecule has 91 valence electrons. The van der Waals surface area contributed by atoms with Crippen molar-refractivity contribution < 1.29 is 45.2 Å². The number of aryl methyl sites for hydroxylation is 1. The van der Waals surface area contributed by atoms with Gasteiger partial charge in [0.25, 0.3) is 0 Å². The molecular weight excluding hydrogens is 307 g/mol. The van der Waals surface area contributed by atoms with Gasteiger partial charge in [-0.15, -0.1) is 0 Å². The van der Waals surface area contributed by atoms with Crippen molar-refractivity contribution >= 4 is 11.3 Å². The quantitative estimate of drug-likeness (QED) is 0.559. The van der Waals surface area contributed by atoms with Crippen molar-refractivity contribution in [1.82, 2.24) is 0 Å². The van der Waals surface area contributed by atoms with Gasteiger partial charge in [0.15, 0.2) is 0 Å². The van der Waals surface area contributed by atoms with E-state index in [2.05, 4.69) is 64.8 Å². The fourth-order valence-corrected chi connectivity index (χ4v) is 4.09. The van der Waals surface area contributed by atoms with Crippen molar-refractivity contribution in [2.75, 3.05) is 0 Å². The van der Waals surface area contributed by atoms with E-state index in [4.69, 9.17) is 0 Å². The summed E-state index contributed by atoms with van der Waals surface area (Å²) >= 11 is 4.13. The zero-order chi connectivity index (χ0) is 11.1. The summed E-state index contributed by atoms with van der Waals surface area (Å²) in [4.78, 5) is 1.50. The van der Waals surface area contributed by atoms with Gasteiger partial charge in [-0.25, -0.2) is 0 Å². The van der Waals surface area contributed by atoms with Crippen LogP contribution in [0.4, 0.5) is 0 Å². The minimum Gasteiger partial charge on any atom is -1.00 e. The van der Waals surface area contributed by atoms with E-state index in [0.717, 1.165) is 6.42 Å². The maximum atomic E-state index is 2.33. The molecule has 0 atom stereocenters. The first kappa shape index (κ1) is 17.5. The largest absolute Gasteiger partial charge is 1.00 e. The number of thiophene rings is 1. The summed E-state index contributed by atoms with van der Waals surface area (Å²) in [5.41, 5.74) is 3.11. The standard InChI is InChI=1S/C13H15S.2ClH.Ti/c1-10-8-9-14-12(10)13(2,3)11-6-4-5-7-11;;;/h4,6,8-9H,5H2,1-3H3;2*1H;/q;;;+2/p-2. The first-order valence-electron chi connectivity index (χ1n) is 5.20. The SMILES string of the molecule is Cc1ccsc1C(C)(C)C1=[C]([Ti+2])CC=C1.[Cl-].[Cl-]. The van der Waals surface area contributed by atoms with Crippen LogP contribution in [0.2, 0.25) is 0 Å². The third-order valence-corrected chi connectivity index (χ3v) is 5.11. The van der Waals surface area contributed by atoms with Crippen LogP contribution in [0.3, 0.4) is 0 Å². The molecule has 0 amide bonds.